The van der Waals surface area contributed by atoms with Gasteiger partial charge in [-0.25, -0.2) is 0 Å². The van der Waals surface area contributed by atoms with Crippen molar-refractivity contribution in [3.8, 4) is 11.6 Å². The molecule has 2 aliphatic rings. The number of carbonyl (C=O) groups is 1. The van der Waals surface area contributed by atoms with E-state index in [2.05, 4.69) is 20.4 Å². The Kier molecular flexibility index (Phi) is 4.31. The molecule has 8 nitrogen and oxygen atoms in total. The number of hydrogen-bond acceptors (Lipinski definition) is 7. The lowest BCUT2D eigenvalue weighted by Crippen LogP contribution is -2.50. The number of nitrogens with one attached hydrogen (secondary N) is 1. The van der Waals surface area contributed by atoms with Crippen molar-refractivity contribution in [1.29, 1.82) is 0 Å². The summed E-state index contributed by atoms with van der Waals surface area (Å²) in [5, 5.41) is 6.86. The van der Waals surface area contributed by atoms with E-state index >= 15 is 0 Å². The van der Waals surface area contributed by atoms with E-state index in [1.54, 1.807) is 18.4 Å². The van der Waals surface area contributed by atoms with Crippen molar-refractivity contribution in [2.24, 2.45) is 0 Å². The number of amides is 1. The number of rotatable bonds is 6. The first kappa shape index (κ1) is 15.3. The van der Waals surface area contributed by atoms with Gasteiger partial charge in [-0.3, -0.25) is 9.69 Å². The molecule has 0 aliphatic carbocycles. The van der Waals surface area contributed by atoms with Gasteiger partial charge in [-0.2, -0.15) is 4.98 Å². The lowest BCUT2D eigenvalue weighted by Gasteiger charge is -2.36. The number of ether oxygens (including phenoxy) is 1. The van der Waals surface area contributed by atoms with Gasteiger partial charge >= 0.3 is 0 Å². The predicted molar refractivity (Wildman–Crippen MR) is 83.2 cm³/mol. The highest BCUT2D eigenvalue weighted by Crippen LogP contribution is 2.27. The highest BCUT2D eigenvalue weighted by Gasteiger charge is 2.34. The Bertz CT molecular complexity index is 672. The third-order valence-electron chi connectivity index (χ3n) is 4.41. The molecule has 0 saturated carbocycles. The monoisotopic (exact) mass is 332 g/mol. The Morgan fingerprint density at radius 3 is 3.08 bits per heavy atom. The van der Waals surface area contributed by atoms with Gasteiger partial charge in [0.25, 0.3) is 0 Å². The Hall–Kier alpha value is -2.19. The molecule has 4 rings (SSSR count). The molecular formula is C16H20N4O4. The van der Waals surface area contributed by atoms with Gasteiger partial charge in [-0.05, 0) is 25.0 Å². The minimum Gasteiger partial charge on any atom is -0.461 e. The van der Waals surface area contributed by atoms with Crippen molar-refractivity contribution in [3.63, 3.8) is 0 Å². The molecule has 1 N–H and O–H groups in total. The van der Waals surface area contributed by atoms with Crippen molar-refractivity contribution >= 4 is 5.91 Å². The molecule has 8 heteroatoms. The summed E-state index contributed by atoms with van der Waals surface area (Å²) in [7, 11) is 0. The van der Waals surface area contributed by atoms with Crippen LogP contribution in [0.1, 0.15) is 24.7 Å². The molecule has 0 aromatic carbocycles. The normalized spacial score (nSPS) is 21.8. The fourth-order valence-corrected chi connectivity index (χ4v) is 3.05. The zero-order valence-electron chi connectivity index (χ0n) is 13.3. The summed E-state index contributed by atoms with van der Waals surface area (Å²) in [5.41, 5.74) is 0. The van der Waals surface area contributed by atoms with Crippen LogP contribution < -0.4 is 5.32 Å². The van der Waals surface area contributed by atoms with Crippen molar-refractivity contribution in [2.45, 2.75) is 24.9 Å². The van der Waals surface area contributed by atoms with Gasteiger partial charge in [-0.15, -0.1) is 0 Å². The van der Waals surface area contributed by atoms with Crippen LogP contribution in [0.3, 0.4) is 0 Å². The quantitative estimate of drug-likeness (QED) is 0.844. The van der Waals surface area contributed by atoms with Gasteiger partial charge in [-0.1, -0.05) is 5.16 Å². The number of likely N-dealkylation sites (tertiary alicyclic amines) is 1. The third-order valence-corrected chi connectivity index (χ3v) is 4.41. The maximum atomic E-state index is 11.9. The van der Waals surface area contributed by atoms with E-state index in [1.165, 1.54) is 0 Å². The Balaban J connectivity index is 1.21. The minimum absolute atomic E-state index is 0.0331. The Labute approximate surface area is 139 Å². The topological polar surface area (TPSA) is 93.6 Å². The van der Waals surface area contributed by atoms with Gasteiger partial charge < -0.3 is 19.0 Å². The second-order valence-electron chi connectivity index (χ2n) is 6.26. The summed E-state index contributed by atoms with van der Waals surface area (Å²) in [6, 6.07) is 3.58. The highest BCUT2D eigenvalue weighted by atomic mass is 16.5. The smallest absolute Gasteiger partial charge is 0.238 e. The van der Waals surface area contributed by atoms with E-state index in [0.717, 1.165) is 32.5 Å². The second kappa shape index (κ2) is 6.74. The maximum absolute atomic E-state index is 11.9. The van der Waals surface area contributed by atoms with Gasteiger partial charge in [0.15, 0.2) is 5.76 Å². The minimum atomic E-state index is 0.0331. The molecule has 4 heterocycles. The van der Waals surface area contributed by atoms with Crippen molar-refractivity contribution in [1.82, 2.24) is 20.4 Å². The van der Waals surface area contributed by atoms with Crippen LogP contribution in [0, 0.1) is 0 Å². The summed E-state index contributed by atoms with van der Waals surface area (Å²) in [4.78, 5) is 18.4. The summed E-state index contributed by atoms with van der Waals surface area (Å²) < 4.78 is 16.0. The van der Waals surface area contributed by atoms with E-state index in [0.29, 0.717) is 30.6 Å². The van der Waals surface area contributed by atoms with Crippen LogP contribution in [0.5, 0.6) is 0 Å². The fourth-order valence-electron chi connectivity index (χ4n) is 3.05. The molecule has 1 unspecified atom stereocenters. The van der Waals surface area contributed by atoms with Gasteiger partial charge in [0.2, 0.25) is 17.6 Å². The van der Waals surface area contributed by atoms with Crippen molar-refractivity contribution < 1.29 is 18.5 Å². The average molecular weight is 332 g/mol. The molecule has 24 heavy (non-hydrogen) atoms. The average Bonchev–Trinajstić information content (AvgIpc) is 3.30. The summed E-state index contributed by atoms with van der Waals surface area (Å²) in [6.45, 7) is 3.29. The number of hydrogen-bond donors (Lipinski definition) is 1. The van der Waals surface area contributed by atoms with E-state index in [-0.39, 0.29) is 17.9 Å². The largest absolute Gasteiger partial charge is 0.461 e. The molecule has 2 fully saturated rings. The first-order valence-corrected chi connectivity index (χ1v) is 8.26. The van der Waals surface area contributed by atoms with Crippen molar-refractivity contribution in [3.05, 3.63) is 24.3 Å². The van der Waals surface area contributed by atoms with Gasteiger partial charge in [0, 0.05) is 26.2 Å². The molecule has 2 aromatic heterocycles. The molecule has 0 spiro atoms. The predicted octanol–water partition coefficient (Wildman–Crippen LogP) is 1.02. The SMILES string of the molecule is O=C(CN1CC(c2nc(-c3ccco3)no2)C1)NCC1CCCO1. The van der Waals surface area contributed by atoms with Crippen LogP contribution in [0.25, 0.3) is 11.6 Å². The number of carbonyl (C=O) groups excluding carboxylic acids is 1. The highest BCUT2D eigenvalue weighted by molar-refractivity contribution is 5.78. The van der Waals surface area contributed by atoms with Crippen molar-refractivity contribution in [2.75, 3.05) is 32.8 Å². The summed E-state index contributed by atoms with van der Waals surface area (Å²) >= 11 is 0. The standard InChI is InChI=1S/C16H20N4O4/c21-14(17-7-12-3-1-5-22-12)10-20-8-11(9-20)16-18-15(19-24-16)13-4-2-6-23-13/h2,4,6,11-12H,1,3,5,7-10H2,(H,17,21). The zero-order valence-corrected chi connectivity index (χ0v) is 13.3. The molecule has 1 amide bonds. The molecule has 1 atom stereocenters. The van der Waals surface area contributed by atoms with Crippen LogP contribution in [0.15, 0.2) is 27.3 Å². The van der Waals surface area contributed by atoms with Gasteiger partial charge in [0.05, 0.1) is 24.8 Å². The van der Waals surface area contributed by atoms with Gasteiger partial charge in [0.1, 0.15) is 0 Å². The van der Waals surface area contributed by atoms with Crippen LogP contribution in [-0.4, -0.2) is 59.8 Å². The molecular weight excluding hydrogens is 312 g/mol. The van der Waals surface area contributed by atoms with E-state index in [9.17, 15) is 4.79 Å². The molecule has 2 aliphatic heterocycles. The lowest BCUT2D eigenvalue weighted by molar-refractivity contribution is -0.123. The van der Waals surface area contributed by atoms with E-state index in [4.69, 9.17) is 13.7 Å². The lowest BCUT2D eigenvalue weighted by atomic mass is 10.0. The Morgan fingerprint density at radius 1 is 1.42 bits per heavy atom. The van der Waals surface area contributed by atoms with Crippen LogP contribution >= 0.6 is 0 Å². The number of aromatic nitrogens is 2. The van der Waals surface area contributed by atoms with E-state index < -0.39 is 0 Å². The first-order chi connectivity index (χ1) is 11.8. The number of nitrogens with zero attached hydrogens (tertiary/aromatic N) is 3. The van der Waals surface area contributed by atoms with Crippen LogP contribution in [0.2, 0.25) is 0 Å². The van der Waals surface area contributed by atoms with Crippen LogP contribution in [-0.2, 0) is 9.53 Å². The Morgan fingerprint density at radius 2 is 2.33 bits per heavy atom. The van der Waals surface area contributed by atoms with E-state index in [1.807, 2.05) is 0 Å². The first-order valence-electron chi connectivity index (χ1n) is 8.26. The zero-order chi connectivity index (χ0) is 16.4. The maximum Gasteiger partial charge on any atom is 0.238 e. The summed E-state index contributed by atoms with van der Waals surface area (Å²) in [5.74, 6) is 1.85. The molecule has 128 valence electrons. The van der Waals surface area contributed by atoms with Crippen LogP contribution in [0.4, 0.5) is 0 Å². The molecule has 2 saturated heterocycles. The molecule has 0 radical (unpaired) electrons. The molecule has 0 bridgehead atoms. The fraction of sp³-hybridized carbons (Fsp3) is 0.562. The second-order valence-corrected chi connectivity index (χ2v) is 6.26. The number of furan rings is 1. The third kappa shape index (κ3) is 3.34. The summed E-state index contributed by atoms with van der Waals surface area (Å²) in [6.07, 6.45) is 3.86. The molecule has 2 aromatic rings.